The van der Waals surface area contributed by atoms with Crippen molar-refractivity contribution in [3.8, 4) is 0 Å². The second-order valence-corrected chi connectivity index (χ2v) is 2.51. The summed E-state index contributed by atoms with van der Waals surface area (Å²) >= 11 is 0. The van der Waals surface area contributed by atoms with Gasteiger partial charge in [0.05, 0.1) is 6.73 Å². The van der Waals surface area contributed by atoms with Gasteiger partial charge in [0.2, 0.25) is 0 Å². The smallest absolute Gasteiger partial charge is 0.0931 e. The van der Waals surface area contributed by atoms with E-state index in [1.807, 2.05) is 0 Å². The third-order valence-corrected chi connectivity index (χ3v) is 1.39. The van der Waals surface area contributed by atoms with Gasteiger partial charge >= 0.3 is 0 Å². The van der Waals surface area contributed by atoms with Crippen LogP contribution < -0.4 is 5.32 Å². The zero-order valence-corrected chi connectivity index (χ0v) is 6.35. The first-order valence-electron chi connectivity index (χ1n) is 3.62. The molecule has 2 N–H and O–H groups in total. The average Bonchev–Trinajstić information content (AvgIpc) is 1.85. The molecule has 0 heterocycles. The van der Waals surface area contributed by atoms with Gasteiger partial charge in [-0.05, 0) is 18.9 Å². The van der Waals surface area contributed by atoms with E-state index in [0.717, 1.165) is 6.54 Å². The second kappa shape index (κ2) is 6.05. The maximum absolute atomic E-state index is 8.37. The van der Waals surface area contributed by atoms with Crippen LogP contribution in [0, 0.1) is 5.92 Å². The summed E-state index contributed by atoms with van der Waals surface area (Å²) in [5, 5.41) is 11.3. The van der Waals surface area contributed by atoms with E-state index in [2.05, 4.69) is 19.2 Å². The highest BCUT2D eigenvalue weighted by atomic mass is 16.3. The van der Waals surface area contributed by atoms with Crippen LogP contribution in [0.4, 0.5) is 0 Å². The standard InChI is InChI=1S/C7H17NO/c1-3-4-7(2)5-8-6-9/h7-9H,3-6H2,1-2H3. The fraction of sp³-hybridized carbons (Fsp3) is 1.00. The van der Waals surface area contributed by atoms with Gasteiger partial charge < -0.3 is 5.11 Å². The quantitative estimate of drug-likeness (QED) is 0.545. The van der Waals surface area contributed by atoms with Gasteiger partial charge in [-0.3, -0.25) is 5.32 Å². The minimum absolute atomic E-state index is 0.105. The number of rotatable bonds is 5. The van der Waals surface area contributed by atoms with E-state index in [0.29, 0.717) is 5.92 Å². The lowest BCUT2D eigenvalue weighted by molar-refractivity contribution is 0.250. The maximum Gasteiger partial charge on any atom is 0.0931 e. The molecule has 0 bridgehead atoms. The largest absolute Gasteiger partial charge is 0.381 e. The highest BCUT2D eigenvalue weighted by Crippen LogP contribution is 2.01. The van der Waals surface area contributed by atoms with Crippen LogP contribution in [-0.2, 0) is 0 Å². The lowest BCUT2D eigenvalue weighted by atomic mass is 10.1. The van der Waals surface area contributed by atoms with Crippen LogP contribution >= 0.6 is 0 Å². The lowest BCUT2D eigenvalue weighted by Crippen LogP contribution is -2.21. The first-order valence-corrected chi connectivity index (χ1v) is 3.62. The number of nitrogens with one attached hydrogen (secondary N) is 1. The van der Waals surface area contributed by atoms with Gasteiger partial charge in [-0.2, -0.15) is 0 Å². The fourth-order valence-corrected chi connectivity index (χ4v) is 0.906. The molecular weight excluding hydrogens is 114 g/mol. The van der Waals surface area contributed by atoms with E-state index in [9.17, 15) is 0 Å². The molecule has 0 saturated heterocycles. The second-order valence-electron chi connectivity index (χ2n) is 2.51. The Bertz CT molecular complexity index is 56.9. The molecule has 0 aromatic rings. The van der Waals surface area contributed by atoms with Crippen molar-refractivity contribution in [3.05, 3.63) is 0 Å². The molecule has 56 valence electrons. The third kappa shape index (κ3) is 5.80. The topological polar surface area (TPSA) is 32.3 Å². The predicted molar refractivity (Wildman–Crippen MR) is 39.2 cm³/mol. The van der Waals surface area contributed by atoms with E-state index in [-0.39, 0.29) is 6.73 Å². The molecule has 0 aromatic heterocycles. The van der Waals surface area contributed by atoms with Crippen molar-refractivity contribution < 1.29 is 5.11 Å². The molecule has 1 unspecified atom stereocenters. The van der Waals surface area contributed by atoms with Crippen molar-refractivity contribution in [3.63, 3.8) is 0 Å². The molecule has 0 aromatic carbocycles. The minimum atomic E-state index is 0.105. The average molecular weight is 131 g/mol. The van der Waals surface area contributed by atoms with Gasteiger partial charge in [-0.1, -0.05) is 20.3 Å². The summed E-state index contributed by atoms with van der Waals surface area (Å²) in [4.78, 5) is 0. The maximum atomic E-state index is 8.37. The predicted octanol–water partition coefficient (Wildman–Crippen LogP) is 0.962. The van der Waals surface area contributed by atoms with Crippen molar-refractivity contribution in [1.29, 1.82) is 0 Å². The van der Waals surface area contributed by atoms with Crippen LogP contribution in [0.15, 0.2) is 0 Å². The number of hydrogen-bond acceptors (Lipinski definition) is 2. The molecule has 2 nitrogen and oxygen atoms in total. The van der Waals surface area contributed by atoms with Gasteiger partial charge in [-0.15, -0.1) is 0 Å². The summed E-state index contributed by atoms with van der Waals surface area (Å²) in [7, 11) is 0. The Hall–Kier alpha value is -0.0800. The molecule has 0 aliphatic heterocycles. The monoisotopic (exact) mass is 131 g/mol. The van der Waals surface area contributed by atoms with E-state index < -0.39 is 0 Å². The Morgan fingerprint density at radius 1 is 1.56 bits per heavy atom. The number of hydrogen-bond donors (Lipinski definition) is 2. The molecule has 0 fully saturated rings. The molecule has 0 rings (SSSR count). The van der Waals surface area contributed by atoms with Gasteiger partial charge in [0.25, 0.3) is 0 Å². The number of aliphatic hydroxyl groups excluding tert-OH is 1. The summed E-state index contributed by atoms with van der Waals surface area (Å²) in [6.45, 7) is 5.40. The Balaban J connectivity index is 2.95. The van der Waals surface area contributed by atoms with E-state index >= 15 is 0 Å². The third-order valence-electron chi connectivity index (χ3n) is 1.39. The number of aliphatic hydroxyl groups is 1. The van der Waals surface area contributed by atoms with E-state index in [1.54, 1.807) is 0 Å². The van der Waals surface area contributed by atoms with Crippen LogP contribution in [-0.4, -0.2) is 18.4 Å². The summed E-state index contributed by atoms with van der Waals surface area (Å²) < 4.78 is 0. The summed E-state index contributed by atoms with van der Waals surface area (Å²) in [5.41, 5.74) is 0. The van der Waals surface area contributed by atoms with Crippen LogP contribution in [0.5, 0.6) is 0 Å². The zero-order chi connectivity index (χ0) is 7.11. The Labute approximate surface area is 57.3 Å². The minimum Gasteiger partial charge on any atom is -0.381 e. The Kier molecular flexibility index (Phi) is 5.99. The van der Waals surface area contributed by atoms with Gasteiger partial charge in [0.15, 0.2) is 0 Å². The van der Waals surface area contributed by atoms with Gasteiger partial charge in [-0.25, -0.2) is 0 Å². The summed E-state index contributed by atoms with van der Waals surface area (Å²) in [6.07, 6.45) is 2.47. The van der Waals surface area contributed by atoms with Crippen LogP contribution in [0.2, 0.25) is 0 Å². The normalized spacial score (nSPS) is 13.7. The van der Waals surface area contributed by atoms with Crippen molar-refractivity contribution >= 4 is 0 Å². The van der Waals surface area contributed by atoms with Crippen molar-refractivity contribution in [2.45, 2.75) is 26.7 Å². The van der Waals surface area contributed by atoms with Crippen molar-refractivity contribution in [1.82, 2.24) is 5.32 Å². The van der Waals surface area contributed by atoms with Crippen molar-refractivity contribution in [2.24, 2.45) is 5.92 Å². The van der Waals surface area contributed by atoms with E-state index in [4.69, 9.17) is 5.11 Å². The molecule has 0 aliphatic rings. The first-order chi connectivity index (χ1) is 4.31. The first kappa shape index (κ1) is 8.92. The van der Waals surface area contributed by atoms with Gasteiger partial charge in [0, 0.05) is 0 Å². The summed E-state index contributed by atoms with van der Waals surface area (Å²) in [6, 6.07) is 0. The van der Waals surface area contributed by atoms with Crippen LogP contribution in [0.3, 0.4) is 0 Å². The molecule has 0 spiro atoms. The molecule has 0 aliphatic carbocycles. The van der Waals surface area contributed by atoms with E-state index in [1.165, 1.54) is 12.8 Å². The summed E-state index contributed by atoms with van der Waals surface area (Å²) in [5.74, 6) is 0.696. The Morgan fingerprint density at radius 3 is 2.67 bits per heavy atom. The molecule has 0 saturated carbocycles. The highest BCUT2D eigenvalue weighted by Gasteiger charge is 1.96. The van der Waals surface area contributed by atoms with Gasteiger partial charge in [0.1, 0.15) is 0 Å². The molecule has 0 radical (unpaired) electrons. The highest BCUT2D eigenvalue weighted by molar-refractivity contribution is 4.52. The molecule has 0 amide bonds. The van der Waals surface area contributed by atoms with Crippen LogP contribution in [0.1, 0.15) is 26.7 Å². The van der Waals surface area contributed by atoms with Crippen molar-refractivity contribution in [2.75, 3.05) is 13.3 Å². The fourth-order valence-electron chi connectivity index (χ4n) is 0.906. The van der Waals surface area contributed by atoms with Crippen LogP contribution in [0.25, 0.3) is 0 Å². The zero-order valence-electron chi connectivity index (χ0n) is 6.35. The SMILES string of the molecule is CCCC(C)CNCO. The molecule has 9 heavy (non-hydrogen) atoms. The Morgan fingerprint density at radius 2 is 2.22 bits per heavy atom. The lowest BCUT2D eigenvalue weighted by Gasteiger charge is -2.08. The molecule has 1 atom stereocenters. The molecular formula is C7H17NO. The molecule has 2 heteroatoms.